The van der Waals surface area contributed by atoms with Gasteiger partial charge in [0.15, 0.2) is 0 Å². The quantitative estimate of drug-likeness (QED) is 0.928. The molecule has 1 aromatic rings. The van der Waals surface area contributed by atoms with Gasteiger partial charge in [0.1, 0.15) is 0 Å². The Morgan fingerprint density at radius 3 is 2.48 bits per heavy atom. The molecule has 1 aromatic carbocycles. The number of anilines is 1. The summed E-state index contributed by atoms with van der Waals surface area (Å²) in [6, 6.07) is 6.89. The van der Waals surface area contributed by atoms with Crippen molar-refractivity contribution in [1.29, 1.82) is 0 Å². The molecule has 1 aliphatic rings. The van der Waals surface area contributed by atoms with Gasteiger partial charge < -0.3 is 15.1 Å². The van der Waals surface area contributed by atoms with Gasteiger partial charge in [-0.25, -0.2) is 4.79 Å². The van der Waals surface area contributed by atoms with Gasteiger partial charge >= 0.3 is 6.03 Å². The number of carbonyl (C=O) groups excluding carboxylic acids is 1. The summed E-state index contributed by atoms with van der Waals surface area (Å²) in [5.74, 6) is 0. The second kappa shape index (κ2) is 6.83. The average molecular weight is 289 g/mol. The summed E-state index contributed by atoms with van der Waals surface area (Å²) in [6.45, 7) is 11.8. The maximum absolute atomic E-state index is 12.1. The van der Waals surface area contributed by atoms with E-state index in [-0.39, 0.29) is 12.1 Å². The van der Waals surface area contributed by atoms with Crippen LogP contribution in [0.2, 0.25) is 0 Å². The van der Waals surface area contributed by atoms with Gasteiger partial charge in [-0.1, -0.05) is 24.6 Å². The number of rotatable bonds is 3. The molecule has 116 valence electrons. The topological polar surface area (TPSA) is 35.6 Å². The molecule has 0 spiro atoms. The van der Waals surface area contributed by atoms with E-state index in [0.717, 1.165) is 32.6 Å². The van der Waals surface area contributed by atoms with E-state index in [0.29, 0.717) is 0 Å². The number of nitrogens with one attached hydrogen (secondary N) is 1. The smallest absolute Gasteiger partial charge is 0.317 e. The van der Waals surface area contributed by atoms with E-state index in [1.54, 1.807) is 0 Å². The SMILES string of the molecule is CCC(C)NC(=O)N1CCN(c2ccc(C)cc2C)CC1. The molecule has 1 atom stereocenters. The van der Waals surface area contributed by atoms with Gasteiger partial charge in [0.05, 0.1) is 0 Å². The van der Waals surface area contributed by atoms with E-state index in [2.05, 4.69) is 49.2 Å². The summed E-state index contributed by atoms with van der Waals surface area (Å²) in [7, 11) is 0. The molecule has 1 unspecified atom stereocenters. The van der Waals surface area contributed by atoms with Crippen LogP contribution in [0.5, 0.6) is 0 Å². The van der Waals surface area contributed by atoms with Crippen molar-refractivity contribution in [3.8, 4) is 0 Å². The molecule has 1 saturated heterocycles. The van der Waals surface area contributed by atoms with Crippen LogP contribution in [-0.4, -0.2) is 43.2 Å². The van der Waals surface area contributed by atoms with Crippen LogP contribution in [0.3, 0.4) is 0 Å². The van der Waals surface area contributed by atoms with Crippen molar-refractivity contribution in [1.82, 2.24) is 10.2 Å². The van der Waals surface area contributed by atoms with Crippen LogP contribution in [-0.2, 0) is 0 Å². The average Bonchev–Trinajstić information content (AvgIpc) is 2.47. The molecule has 2 amide bonds. The third-order valence-electron chi connectivity index (χ3n) is 4.24. The molecule has 0 radical (unpaired) electrons. The Morgan fingerprint density at radius 2 is 1.90 bits per heavy atom. The number of aryl methyl sites for hydroxylation is 2. The molecular weight excluding hydrogens is 262 g/mol. The monoisotopic (exact) mass is 289 g/mol. The highest BCUT2D eigenvalue weighted by Gasteiger charge is 2.22. The van der Waals surface area contributed by atoms with Crippen molar-refractivity contribution in [2.75, 3.05) is 31.1 Å². The van der Waals surface area contributed by atoms with Gasteiger partial charge in [-0.3, -0.25) is 0 Å². The number of hydrogen-bond acceptors (Lipinski definition) is 2. The Hall–Kier alpha value is -1.71. The Morgan fingerprint density at radius 1 is 1.24 bits per heavy atom. The molecule has 1 heterocycles. The lowest BCUT2D eigenvalue weighted by molar-refractivity contribution is 0.191. The largest absolute Gasteiger partial charge is 0.368 e. The first-order valence-electron chi connectivity index (χ1n) is 7.89. The molecule has 4 nitrogen and oxygen atoms in total. The van der Waals surface area contributed by atoms with E-state index in [4.69, 9.17) is 0 Å². The Balaban J connectivity index is 1.92. The summed E-state index contributed by atoms with van der Waals surface area (Å²) in [5, 5.41) is 3.04. The predicted octanol–water partition coefficient (Wildman–Crippen LogP) is 2.93. The molecule has 2 rings (SSSR count). The van der Waals surface area contributed by atoms with Crippen molar-refractivity contribution in [3.05, 3.63) is 29.3 Å². The first kappa shape index (κ1) is 15.7. The van der Waals surface area contributed by atoms with Crippen molar-refractivity contribution in [2.45, 2.75) is 40.2 Å². The highest BCUT2D eigenvalue weighted by molar-refractivity contribution is 5.75. The zero-order valence-electron chi connectivity index (χ0n) is 13.6. The number of urea groups is 1. The van der Waals surface area contributed by atoms with Gasteiger partial charge in [0.25, 0.3) is 0 Å². The Bertz CT molecular complexity index is 493. The first-order chi connectivity index (χ1) is 10.0. The zero-order valence-corrected chi connectivity index (χ0v) is 13.6. The summed E-state index contributed by atoms with van der Waals surface area (Å²) in [4.78, 5) is 16.4. The fourth-order valence-corrected chi connectivity index (χ4v) is 2.71. The van der Waals surface area contributed by atoms with Crippen LogP contribution in [0.25, 0.3) is 0 Å². The standard InChI is InChI=1S/C17H27N3O/c1-5-15(4)18-17(21)20-10-8-19(9-11-20)16-7-6-13(2)12-14(16)3/h6-7,12,15H,5,8-11H2,1-4H3,(H,18,21). The maximum Gasteiger partial charge on any atom is 0.317 e. The summed E-state index contributed by atoms with van der Waals surface area (Å²) in [5.41, 5.74) is 3.90. The van der Waals surface area contributed by atoms with Crippen LogP contribution in [0.1, 0.15) is 31.4 Å². The summed E-state index contributed by atoms with van der Waals surface area (Å²) < 4.78 is 0. The molecule has 1 N–H and O–H groups in total. The minimum atomic E-state index is 0.0737. The van der Waals surface area contributed by atoms with E-state index >= 15 is 0 Å². The Labute approximate surface area is 128 Å². The molecular formula is C17H27N3O. The normalized spacial score (nSPS) is 16.8. The van der Waals surface area contributed by atoms with Gasteiger partial charge in [0, 0.05) is 37.9 Å². The second-order valence-electron chi connectivity index (χ2n) is 6.02. The lowest BCUT2D eigenvalue weighted by Crippen LogP contribution is -2.53. The highest BCUT2D eigenvalue weighted by Crippen LogP contribution is 2.22. The highest BCUT2D eigenvalue weighted by atomic mass is 16.2. The minimum Gasteiger partial charge on any atom is -0.368 e. The van der Waals surface area contributed by atoms with E-state index in [9.17, 15) is 4.79 Å². The number of benzene rings is 1. The molecule has 21 heavy (non-hydrogen) atoms. The fraction of sp³-hybridized carbons (Fsp3) is 0.588. The van der Waals surface area contributed by atoms with Crippen molar-refractivity contribution < 1.29 is 4.79 Å². The Kier molecular flexibility index (Phi) is 5.10. The van der Waals surface area contributed by atoms with Crippen LogP contribution >= 0.6 is 0 Å². The molecule has 0 saturated carbocycles. The van der Waals surface area contributed by atoms with Gasteiger partial charge in [-0.2, -0.15) is 0 Å². The zero-order chi connectivity index (χ0) is 15.4. The number of carbonyl (C=O) groups is 1. The molecule has 1 fully saturated rings. The van der Waals surface area contributed by atoms with E-state index < -0.39 is 0 Å². The van der Waals surface area contributed by atoms with Crippen molar-refractivity contribution >= 4 is 11.7 Å². The van der Waals surface area contributed by atoms with E-state index in [1.165, 1.54) is 16.8 Å². The fourth-order valence-electron chi connectivity index (χ4n) is 2.71. The van der Waals surface area contributed by atoms with Crippen LogP contribution in [0.4, 0.5) is 10.5 Å². The lowest BCUT2D eigenvalue weighted by Gasteiger charge is -2.37. The number of hydrogen-bond donors (Lipinski definition) is 1. The lowest BCUT2D eigenvalue weighted by atomic mass is 10.1. The summed E-state index contributed by atoms with van der Waals surface area (Å²) in [6.07, 6.45) is 0.967. The van der Waals surface area contributed by atoms with Crippen LogP contribution in [0.15, 0.2) is 18.2 Å². The van der Waals surface area contributed by atoms with Crippen molar-refractivity contribution in [2.24, 2.45) is 0 Å². The third-order valence-corrected chi connectivity index (χ3v) is 4.24. The minimum absolute atomic E-state index is 0.0737. The van der Waals surface area contributed by atoms with Gasteiger partial charge in [-0.05, 0) is 38.8 Å². The molecule has 0 aromatic heterocycles. The predicted molar refractivity (Wildman–Crippen MR) is 88.0 cm³/mol. The van der Waals surface area contributed by atoms with Gasteiger partial charge in [-0.15, -0.1) is 0 Å². The number of nitrogens with zero attached hydrogens (tertiary/aromatic N) is 2. The number of amides is 2. The first-order valence-corrected chi connectivity index (χ1v) is 7.89. The molecule has 4 heteroatoms. The molecule has 0 bridgehead atoms. The maximum atomic E-state index is 12.1. The second-order valence-corrected chi connectivity index (χ2v) is 6.02. The number of piperazine rings is 1. The van der Waals surface area contributed by atoms with Gasteiger partial charge in [0.2, 0.25) is 0 Å². The molecule has 0 aliphatic carbocycles. The van der Waals surface area contributed by atoms with E-state index in [1.807, 2.05) is 11.8 Å². The molecule has 1 aliphatic heterocycles. The van der Waals surface area contributed by atoms with Crippen LogP contribution < -0.4 is 10.2 Å². The summed E-state index contributed by atoms with van der Waals surface area (Å²) >= 11 is 0. The third kappa shape index (κ3) is 3.90. The van der Waals surface area contributed by atoms with Crippen LogP contribution in [0, 0.1) is 13.8 Å². The van der Waals surface area contributed by atoms with Crippen molar-refractivity contribution in [3.63, 3.8) is 0 Å².